The van der Waals surface area contributed by atoms with E-state index in [0.29, 0.717) is 13.0 Å². The molecule has 0 aliphatic rings. The highest BCUT2D eigenvalue weighted by molar-refractivity contribution is 7.99. The van der Waals surface area contributed by atoms with E-state index in [9.17, 15) is 4.79 Å². The number of benzene rings is 2. The second-order valence-corrected chi connectivity index (χ2v) is 9.71. The van der Waals surface area contributed by atoms with Crippen molar-refractivity contribution in [3.05, 3.63) is 72.3 Å². The van der Waals surface area contributed by atoms with Crippen LogP contribution < -0.4 is 4.90 Å². The molecule has 2 heterocycles. The average Bonchev–Trinajstić information content (AvgIpc) is 3.43. The summed E-state index contributed by atoms with van der Waals surface area (Å²) < 4.78 is 3.16. The normalized spacial score (nSPS) is 11.2. The highest BCUT2D eigenvalue weighted by Crippen LogP contribution is 2.31. The first-order valence-electron chi connectivity index (χ1n) is 10.4. The Balaban J connectivity index is 1.45. The Hall–Kier alpha value is -2.64. The number of hydrogen-bond acceptors (Lipinski definition) is 5. The van der Waals surface area contributed by atoms with Gasteiger partial charge in [-0.3, -0.25) is 9.69 Å². The zero-order valence-electron chi connectivity index (χ0n) is 17.8. The third-order valence-electron chi connectivity index (χ3n) is 5.10. The number of nitrogens with zero attached hydrogens (tertiary/aromatic N) is 4. The number of fused-ring (bicyclic) bond motifs is 1. The van der Waals surface area contributed by atoms with Crippen molar-refractivity contribution in [2.24, 2.45) is 0 Å². The van der Waals surface area contributed by atoms with Gasteiger partial charge in [-0.15, -0.1) is 11.8 Å². The Labute approximate surface area is 191 Å². The van der Waals surface area contributed by atoms with Crippen LogP contribution in [0.2, 0.25) is 0 Å². The third kappa shape index (κ3) is 5.54. The molecule has 0 saturated heterocycles. The average molecular weight is 451 g/mol. The second-order valence-electron chi connectivity index (χ2n) is 7.53. The summed E-state index contributed by atoms with van der Waals surface area (Å²) in [5.74, 6) is 0.881. The lowest BCUT2D eigenvalue weighted by atomic mass is 10.2. The molecule has 31 heavy (non-hydrogen) atoms. The molecule has 0 bridgehead atoms. The van der Waals surface area contributed by atoms with E-state index in [1.165, 1.54) is 10.5 Å². The fourth-order valence-electron chi connectivity index (χ4n) is 3.37. The zero-order chi connectivity index (χ0) is 21.6. The van der Waals surface area contributed by atoms with Gasteiger partial charge in [0, 0.05) is 42.6 Å². The standard InChI is InChI=1S/C24H26N4OS2/c1-18-7-9-20(10-8-18)30-16-11-22(29)28(14-4-13-27-15-12-25-17-27)24-26-23-19(2)5-3-6-21(23)31-24/h3,5-10,12,15,17H,4,11,13-14,16H2,1-2H3. The van der Waals surface area contributed by atoms with E-state index < -0.39 is 0 Å². The number of carbonyl (C=O) groups excluding carboxylic acids is 1. The van der Waals surface area contributed by atoms with Crippen molar-refractivity contribution in [3.8, 4) is 0 Å². The number of rotatable bonds is 9. The van der Waals surface area contributed by atoms with Gasteiger partial charge in [0.25, 0.3) is 0 Å². The minimum Gasteiger partial charge on any atom is -0.337 e. The van der Waals surface area contributed by atoms with Gasteiger partial charge in [0.15, 0.2) is 5.13 Å². The largest absolute Gasteiger partial charge is 0.337 e. The summed E-state index contributed by atoms with van der Waals surface area (Å²) in [6.07, 6.45) is 6.87. The lowest BCUT2D eigenvalue weighted by Crippen LogP contribution is -2.32. The lowest BCUT2D eigenvalue weighted by Gasteiger charge is -2.20. The van der Waals surface area contributed by atoms with Gasteiger partial charge < -0.3 is 4.57 Å². The fourth-order valence-corrected chi connectivity index (χ4v) is 5.30. The van der Waals surface area contributed by atoms with E-state index in [4.69, 9.17) is 4.98 Å². The van der Waals surface area contributed by atoms with Crippen LogP contribution in [-0.4, -0.2) is 32.7 Å². The van der Waals surface area contributed by atoms with E-state index in [1.807, 2.05) is 28.1 Å². The number of anilines is 1. The molecular weight excluding hydrogens is 424 g/mol. The molecular formula is C24H26N4OS2. The van der Waals surface area contributed by atoms with E-state index in [0.717, 1.165) is 39.6 Å². The van der Waals surface area contributed by atoms with Crippen molar-refractivity contribution >= 4 is 44.4 Å². The first-order chi connectivity index (χ1) is 15.1. The van der Waals surface area contributed by atoms with Crippen molar-refractivity contribution in [2.75, 3.05) is 17.2 Å². The monoisotopic (exact) mass is 450 g/mol. The SMILES string of the molecule is Cc1ccc(SCCC(=O)N(CCCn2ccnc2)c2nc3c(C)cccc3s2)cc1. The smallest absolute Gasteiger partial charge is 0.229 e. The molecule has 7 heteroatoms. The van der Waals surface area contributed by atoms with E-state index in [2.05, 4.69) is 55.2 Å². The Bertz CT molecular complexity index is 1140. The molecule has 0 aliphatic heterocycles. The quantitative estimate of drug-likeness (QED) is 0.306. The second kappa shape index (κ2) is 10.1. The van der Waals surface area contributed by atoms with Crippen LogP contribution in [0.15, 0.2) is 66.1 Å². The van der Waals surface area contributed by atoms with Gasteiger partial charge in [-0.25, -0.2) is 9.97 Å². The van der Waals surface area contributed by atoms with Crippen molar-refractivity contribution in [1.29, 1.82) is 0 Å². The Morgan fingerprint density at radius 3 is 2.74 bits per heavy atom. The van der Waals surface area contributed by atoms with Crippen LogP contribution in [-0.2, 0) is 11.3 Å². The van der Waals surface area contributed by atoms with Gasteiger partial charge in [0.1, 0.15) is 0 Å². The number of hydrogen-bond donors (Lipinski definition) is 0. The third-order valence-corrected chi connectivity index (χ3v) is 7.16. The highest BCUT2D eigenvalue weighted by atomic mass is 32.2. The minimum atomic E-state index is 0.127. The van der Waals surface area contributed by atoms with Gasteiger partial charge in [-0.2, -0.15) is 0 Å². The Kier molecular flexibility index (Phi) is 7.04. The van der Waals surface area contributed by atoms with Crippen LogP contribution in [0, 0.1) is 13.8 Å². The maximum absolute atomic E-state index is 13.2. The topological polar surface area (TPSA) is 51.0 Å². The van der Waals surface area contributed by atoms with Gasteiger partial charge >= 0.3 is 0 Å². The molecule has 0 aliphatic carbocycles. The number of aryl methyl sites for hydroxylation is 3. The summed E-state index contributed by atoms with van der Waals surface area (Å²) in [7, 11) is 0. The molecule has 1 amide bonds. The first-order valence-corrected chi connectivity index (χ1v) is 12.2. The van der Waals surface area contributed by atoms with Crippen LogP contribution in [0.5, 0.6) is 0 Å². The van der Waals surface area contributed by atoms with E-state index in [-0.39, 0.29) is 5.91 Å². The highest BCUT2D eigenvalue weighted by Gasteiger charge is 2.20. The van der Waals surface area contributed by atoms with Gasteiger partial charge in [-0.05, 0) is 44.0 Å². The molecule has 0 saturated carbocycles. The number of thioether (sulfide) groups is 1. The molecule has 0 fully saturated rings. The predicted octanol–water partition coefficient (Wildman–Crippen LogP) is 5.72. The number of imidazole rings is 1. The summed E-state index contributed by atoms with van der Waals surface area (Å²) in [6.45, 7) is 5.62. The molecule has 0 atom stereocenters. The number of carbonyl (C=O) groups is 1. The number of thiazole rings is 1. The van der Waals surface area contributed by atoms with Crippen LogP contribution in [0.3, 0.4) is 0 Å². The molecule has 4 aromatic rings. The minimum absolute atomic E-state index is 0.127. The summed E-state index contributed by atoms with van der Waals surface area (Å²) in [5.41, 5.74) is 3.38. The summed E-state index contributed by atoms with van der Waals surface area (Å²) in [4.78, 5) is 25.2. The molecule has 2 aromatic heterocycles. The van der Waals surface area contributed by atoms with Crippen LogP contribution in [0.25, 0.3) is 10.2 Å². The molecule has 0 unspecified atom stereocenters. The van der Waals surface area contributed by atoms with Gasteiger partial charge in [0.05, 0.1) is 16.5 Å². The van der Waals surface area contributed by atoms with Gasteiger partial charge in [-0.1, -0.05) is 41.2 Å². The van der Waals surface area contributed by atoms with Gasteiger partial charge in [0.2, 0.25) is 5.91 Å². The molecule has 0 radical (unpaired) electrons. The first kappa shape index (κ1) is 21.6. The summed E-state index contributed by atoms with van der Waals surface area (Å²) in [5, 5.41) is 0.792. The maximum Gasteiger partial charge on any atom is 0.229 e. The van der Waals surface area contributed by atoms with E-state index >= 15 is 0 Å². The molecule has 0 spiro atoms. The van der Waals surface area contributed by atoms with Crippen molar-refractivity contribution in [3.63, 3.8) is 0 Å². The Morgan fingerprint density at radius 2 is 2.00 bits per heavy atom. The number of aromatic nitrogens is 3. The zero-order valence-corrected chi connectivity index (χ0v) is 19.5. The molecule has 2 aromatic carbocycles. The van der Waals surface area contributed by atoms with Crippen molar-refractivity contribution < 1.29 is 4.79 Å². The molecule has 160 valence electrons. The number of amides is 1. The molecule has 0 N–H and O–H groups in total. The van der Waals surface area contributed by atoms with Crippen molar-refractivity contribution in [2.45, 2.75) is 38.1 Å². The van der Waals surface area contributed by atoms with E-state index in [1.54, 1.807) is 29.3 Å². The fraction of sp³-hybridized carbons (Fsp3) is 0.292. The molecule has 4 rings (SSSR count). The summed E-state index contributed by atoms with van der Waals surface area (Å²) in [6, 6.07) is 14.6. The maximum atomic E-state index is 13.2. The Morgan fingerprint density at radius 1 is 1.16 bits per heavy atom. The predicted molar refractivity (Wildman–Crippen MR) is 130 cm³/mol. The van der Waals surface area contributed by atoms with Crippen LogP contribution in [0.1, 0.15) is 24.0 Å². The molecule has 5 nitrogen and oxygen atoms in total. The number of para-hydroxylation sites is 1. The summed E-state index contributed by atoms with van der Waals surface area (Å²) >= 11 is 3.32. The van der Waals surface area contributed by atoms with Crippen molar-refractivity contribution in [1.82, 2.24) is 14.5 Å². The van der Waals surface area contributed by atoms with Crippen LogP contribution >= 0.6 is 23.1 Å². The van der Waals surface area contributed by atoms with Crippen LogP contribution in [0.4, 0.5) is 5.13 Å². The lowest BCUT2D eigenvalue weighted by molar-refractivity contribution is -0.118.